The fourth-order valence-electron chi connectivity index (χ4n) is 5.31. The molecule has 0 spiro atoms. The molecule has 2 aliphatic heterocycles. The van der Waals surface area contributed by atoms with Crippen molar-refractivity contribution in [3.63, 3.8) is 0 Å². The summed E-state index contributed by atoms with van der Waals surface area (Å²) in [4.78, 5) is 26.7. The molecule has 8 nitrogen and oxygen atoms in total. The first-order valence-corrected chi connectivity index (χ1v) is 12.5. The van der Waals surface area contributed by atoms with Crippen molar-refractivity contribution in [1.82, 2.24) is 24.5 Å². The van der Waals surface area contributed by atoms with Crippen LogP contribution < -0.4 is 5.32 Å². The molecule has 10 heteroatoms. The maximum atomic E-state index is 13.2. The number of nitrogens with one attached hydrogen (secondary N) is 1. The van der Waals surface area contributed by atoms with Crippen molar-refractivity contribution in [1.29, 1.82) is 0 Å². The molecule has 1 aromatic carbocycles. The van der Waals surface area contributed by atoms with E-state index in [0.29, 0.717) is 12.5 Å². The first-order valence-electron chi connectivity index (χ1n) is 10.9. The van der Waals surface area contributed by atoms with E-state index in [1.54, 1.807) is 17.7 Å². The van der Waals surface area contributed by atoms with Crippen LogP contribution in [0.4, 0.5) is 11.5 Å². The summed E-state index contributed by atoms with van der Waals surface area (Å²) in [6.45, 7) is 1.46. The molecule has 1 amide bonds. The van der Waals surface area contributed by atoms with E-state index in [1.165, 1.54) is 22.0 Å². The van der Waals surface area contributed by atoms with E-state index in [4.69, 9.17) is 4.74 Å². The number of likely N-dealkylation sites (tertiary alicyclic amines) is 1. The van der Waals surface area contributed by atoms with Crippen LogP contribution in [0, 0.1) is 5.92 Å². The van der Waals surface area contributed by atoms with Crippen LogP contribution in [0.15, 0.2) is 24.5 Å². The Morgan fingerprint density at radius 3 is 3.12 bits per heavy atom. The number of fused-ring (bicyclic) bond motifs is 6. The van der Waals surface area contributed by atoms with E-state index < -0.39 is 0 Å². The quantitative estimate of drug-likeness (QED) is 0.496. The van der Waals surface area contributed by atoms with Gasteiger partial charge in [-0.2, -0.15) is 0 Å². The molecule has 3 aliphatic rings. The molecule has 3 atom stereocenters. The predicted octanol–water partition coefficient (Wildman–Crippen LogP) is 3.54. The van der Waals surface area contributed by atoms with Gasteiger partial charge in [0.05, 0.1) is 28.8 Å². The highest BCUT2D eigenvalue weighted by atomic mass is 32.1. The van der Waals surface area contributed by atoms with Crippen molar-refractivity contribution in [2.45, 2.75) is 37.8 Å². The molecule has 32 heavy (non-hydrogen) atoms. The minimum Gasteiger partial charge on any atom is -0.374 e. The minimum absolute atomic E-state index is 0.0560. The summed E-state index contributed by atoms with van der Waals surface area (Å²) in [5.74, 6) is 1.18. The van der Waals surface area contributed by atoms with Crippen LogP contribution in [0.2, 0.25) is 0 Å². The molecule has 4 aromatic rings. The lowest BCUT2D eigenvalue weighted by Crippen LogP contribution is -2.45. The fourth-order valence-corrected chi connectivity index (χ4v) is 7.18. The Labute approximate surface area is 191 Å². The molecule has 162 valence electrons. The van der Waals surface area contributed by atoms with Crippen molar-refractivity contribution in [3.8, 4) is 0 Å². The number of aryl methyl sites for hydroxylation is 1. The van der Waals surface area contributed by atoms with Crippen LogP contribution in [-0.2, 0) is 22.4 Å². The van der Waals surface area contributed by atoms with Crippen molar-refractivity contribution >= 4 is 60.7 Å². The highest BCUT2D eigenvalue weighted by Gasteiger charge is 2.43. The van der Waals surface area contributed by atoms with Gasteiger partial charge >= 0.3 is 0 Å². The summed E-state index contributed by atoms with van der Waals surface area (Å²) in [5, 5.41) is 8.68. The van der Waals surface area contributed by atoms with Gasteiger partial charge in [0.15, 0.2) is 0 Å². The molecular weight excluding hydrogens is 444 g/mol. The Morgan fingerprint density at radius 2 is 2.25 bits per heavy atom. The average molecular weight is 465 g/mol. The van der Waals surface area contributed by atoms with Crippen LogP contribution in [-0.4, -0.2) is 55.7 Å². The maximum Gasteiger partial charge on any atom is 0.226 e. The van der Waals surface area contributed by atoms with Crippen LogP contribution in [0.3, 0.4) is 0 Å². The molecule has 5 heterocycles. The molecule has 1 aliphatic carbocycles. The predicted molar refractivity (Wildman–Crippen MR) is 123 cm³/mol. The summed E-state index contributed by atoms with van der Waals surface area (Å²) in [6.07, 6.45) is 5.41. The molecular formula is C22H20N6O2S2. The van der Waals surface area contributed by atoms with Crippen molar-refractivity contribution < 1.29 is 9.53 Å². The molecule has 2 fully saturated rings. The second-order valence-corrected chi connectivity index (χ2v) is 10.6. The molecule has 2 unspecified atom stereocenters. The minimum atomic E-state index is 0.0560. The normalized spacial score (nSPS) is 24.4. The molecule has 0 saturated carbocycles. The Balaban J connectivity index is 1.18. The number of carbonyl (C=O) groups excluding carboxylic acids is 1. The number of ether oxygens (including phenoxy) is 1. The van der Waals surface area contributed by atoms with Crippen LogP contribution in [0.25, 0.3) is 20.4 Å². The smallest absolute Gasteiger partial charge is 0.226 e. The van der Waals surface area contributed by atoms with E-state index in [2.05, 4.69) is 35.8 Å². The molecule has 2 bridgehead atoms. The van der Waals surface area contributed by atoms with Gasteiger partial charge in [0.25, 0.3) is 0 Å². The highest BCUT2D eigenvalue weighted by Crippen LogP contribution is 2.41. The van der Waals surface area contributed by atoms with Gasteiger partial charge in [-0.25, -0.2) is 9.97 Å². The third-order valence-electron chi connectivity index (χ3n) is 6.89. The van der Waals surface area contributed by atoms with E-state index in [1.807, 2.05) is 12.1 Å². The number of hydrogen-bond acceptors (Lipinski definition) is 9. The van der Waals surface area contributed by atoms with E-state index >= 15 is 0 Å². The maximum absolute atomic E-state index is 13.2. The van der Waals surface area contributed by atoms with Gasteiger partial charge < -0.3 is 15.0 Å². The van der Waals surface area contributed by atoms with Crippen LogP contribution in [0.1, 0.15) is 23.3 Å². The zero-order valence-electron chi connectivity index (χ0n) is 17.2. The van der Waals surface area contributed by atoms with Gasteiger partial charge in [-0.1, -0.05) is 4.49 Å². The molecule has 2 saturated heterocycles. The fraction of sp³-hybridized carbons (Fsp3) is 0.409. The second kappa shape index (κ2) is 7.16. The Morgan fingerprint density at radius 1 is 1.28 bits per heavy atom. The number of amides is 1. The summed E-state index contributed by atoms with van der Waals surface area (Å²) in [5.41, 5.74) is 3.15. The average Bonchev–Trinajstić information content (AvgIpc) is 3.60. The van der Waals surface area contributed by atoms with E-state index in [-0.39, 0.29) is 18.1 Å². The molecule has 3 aromatic heterocycles. The number of nitrogens with zero attached hydrogens (tertiary/aromatic N) is 5. The number of thiophene rings is 1. The zero-order valence-corrected chi connectivity index (χ0v) is 18.8. The lowest BCUT2D eigenvalue weighted by atomic mass is 9.86. The number of carbonyl (C=O) groups is 1. The first kappa shape index (κ1) is 18.8. The number of anilines is 2. The summed E-state index contributed by atoms with van der Waals surface area (Å²) in [6, 6.07) is 6.30. The lowest BCUT2D eigenvalue weighted by molar-refractivity contribution is -0.140. The number of rotatable bonds is 3. The summed E-state index contributed by atoms with van der Waals surface area (Å²) >= 11 is 3.09. The highest BCUT2D eigenvalue weighted by molar-refractivity contribution is 7.19. The largest absolute Gasteiger partial charge is 0.374 e. The van der Waals surface area contributed by atoms with Crippen molar-refractivity contribution in [2.24, 2.45) is 5.92 Å². The Kier molecular flexibility index (Phi) is 4.21. The van der Waals surface area contributed by atoms with Gasteiger partial charge in [0.1, 0.15) is 22.5 Å². The summed E-state index contributed by atoms with van der Waals surface area (Å²) in [7, 11) is 0. The van der Waals surface area contributed by atoms with Crippen LogP contribution >= 0.6 is 22.9 Å². The van der Waals surface area contributed by atoms with Gasteiger partial charge in [-0.05, 0) is 61.0 Å². The standard InChI is InChI=1S/C22H20N6O2S2/c29-22(28-8-14-7-13(28)9-30-14)11-1-3-15-17(5-11)31-21-19(15)20(23-10-24-21)25-12-2-4-16-18(6-12)32-27-26-16/h2,4,6,10-11,13-14H,1,3,5,7-9H2,(H,23,24,25)/t11-,13?,14?/m0/s1. The Hall–Kier alpha value is -2.69. The van der Waals surface area contributed by atoms with Gasteiger partial charge in [0, 0.05) is 23.0 Å². The Bertz CT molecular complexity index is 1370. The third kappa shape index (κ3) is 2.93. The second-order valence-electron chi connectivity index (χ2n) is 8.76. The van der Waals surface area contributed by atoms with Crippen molar-refractivity contribution in [2.75, 3.05) is 18.5 Å². The molecule has 7 rings (SSSR count). The number of benzene rings is 1. The first-order chi connectivity index (χ1) is 15.7. The number of hydrogen-bond donors (Lipinski definition) is 1. The van der Waals surface area contributed by atoms with Crippen LogP contribution in [0.5, 0.6) is 0 Å². The number of aromatic nitrogens is 4. The van der Waals surface area contributed by atoms with Crippen molar-refractivity contribution in [3.05, 3.63) is 35.0 Å². The SMILES string of the molecule is O=C([C@H]1CCc2c(sc3ncnc(Nc4ccc5nnsc5c4)c23)C1)N1CC2CC1CO2. The van der Waals surface area contributed by atoms with Gasteiger partial charge in [0.2, 0.25) is 5.91 Å². The molecule has 0 radical (unpaired) electrons. The van der Waals surface area contributed by atoms with E-state index in [0.717, 1.165) is 64.2 Å². The number of morpholine rings is 1. The van der Waals surface area contributed by atoms with E-state index in [9.17, 15) is 4.79 Å². The lowest BCUT2D eigenvalue weighted by Gasteiger charge is -2.32. The topological polar surface area (TPSA) is 93.1 Å². The molecule has 1 N–H and O–H groups in total. The zero-order chi connectivity index (χ0) is 21.2. The summed E-state index contributed by atoms with van der Waals surface area (Å²) < 4.78 is 10.7. The van der Waals surface area contributed by atoms with Gasteiger partial charge in [-0.3, -0.25) is 4.79 Å². The van der Waals surface area contributed by atoms with Gasteiger partial charge in [-0.15, -0.1) is 16.4 Å². The third-order valence-corrected chi connectivity index (χ3v) is 8.74. The monoisotopic (exact) mass is 464 g/mol.